The number of esters is 4. The summed E-state index contributed by atoms with van der Waals surface area (Å²) in [6.45, 7) is 15.5. The molecule has 0 spiro atoms. The number of benzene rings is 2. The van der Waals surface area contributed by atoms with Crippen LogP contribution in [0.5, 0.6) is 11.5 Å². The molecule has 0 aromatic heterocycles. The second kappa shape index (κ2) is 26.6. The number of hydrogen-bond donors (Lipinski definition) is 0. The van der Waals surface area contributed by atoms with Crippen LogP contribution in [0.15, 0.2) is 54.6 Å². The van der Waals surface area contributed by atoms with E-state index in [-0.39, 0.29) is 88.5 Å². The zero-order valence-electron chi connectivity index (χ0n) is 35.7. The summed E-state index contributed by atoms with van der Waals surface area (Å²) >= 11 is 0. The van der Waals surface area contributed by atoms with Crippen molar-refractivity contribution in [3.8, 4) is 22.6 Å². The minimum Gasteiger partial charge on any atom is -0.493 e. The predicted octanol–water partition coefficient (Wildman–Crippen LogP) is 8.73. The van der Waals surface area contributed by atoms with Crippen LogP contribution in [0.2, 0.25) is 0 Å². The van der Waals surface area contributed by atoms with Gasteiger partial charge in [0.2, 0.25) is 11.6 Å². The number of aryl methyl sites for hydroxylation is 1. The number of Topliss-reactive ketones (excluding diaryl/α,β-unsaturated/α-hetero) is 2. The van der Waals surface area contributed by atoms with Crippen molar-refractivity contribution in [3.05, 3.63) is 71.8 Å². The van der Waals surface area contributed by atoms with E-state index in [4.69, 9.17) is 28.4 Å². The van der Waals surface area contributed by atoms with Gasteiger partial charge in [0.1, 0.15) is 5.75 Å². The summed E-state index contributed by atoms with van der Waals surface area (Å²) in [4.78, 5) is 74.3. The third kappa shape index (κ3) is 17.4. The first kappa shape index (κ1) is 50.7. The average Bonchev–Trinajstić information content (AvgIpc) is 3.21. The molecule has 2 aromatic carbocycles. The Morgan fingerprint density at radius 1 is 0.600 bits per heavy atom. The zero-order chi connectivity index (χ0) is 44.7. The highest BCUT2D eigenvalue weighted by atomic mass is 19.1. The Bertz CT molecular complexity index is 1760. The summed E-state index contributed by atoms with van der Waals surface area (Å²) in [5.74, 6) is -6.55. The van der Waals surface area contributed by atoms with Crippen LogP contribution in [0.1, 0.15) is 111 Å². The van der Waals surface area contributed by atoms with Gasteiger partial charge in [0.25, 0.3) is 0 Å². The SMILES string of the molecule is C=C(C)C(=O)OCCCc1cc(-c2cc(F)c(OCCCCCC)c(F)c2)ccc1OCCCC(CCC(=O)C(=O)OCC)(CCC(=O)C(=O)OCC)COC(=O)C(=C)C. The standard InChI is InChI=1S/C46H60F2O12/c1-8-11-12-13-24-58-41-36(47)28-35(29-37(41)48)33-17-18-40(34(27-33)16-14-25-59-42(51)31(4)5)57-26-15-21-46(30-60-43(52)32(6)7,22-19-38(49)44(53)55-9-2)23-20-39(50)45(54)56-10-3/h17-18,27-29H,4,6,8-16,19-26,30H2,1-3,5,7H3. The fraction of sp³-hybridized carbons (Fsp3) is 0.522. The van der Waals surface area contributed by atoms with Crippen molar-refractivity contribution >= 4 is 35.4 Å². The lowest BCUT2D eigenvalue weighted by Crippen LogP contribution is -2.33. The number of ether oxygens (including phenoxy) is 6. The van der Waals surface area contributed by atoms with Gasteiger partial charge >= 0.3 is 23.9 Å². The minimum atomic E-state index is -1.07. The minimum absolute atomic E-state index is 0.00286. The Morgan fingerprint density at radius 2 is 1.17 bits per heavy atom. The molecule has 14 heteroatoms. The van der Waals surface area contributed by atoms with Crippen molar-refractivity contribution in [2.75, 3.05) is 39.6 Å². The second-order valence-corrected chi connectivity index (χ2v) is 14.6. The van der Waals surface area contributed by atoms with Gasteiger partial charge in [0.15, 0.2) is 17.4 Å². The number of carbonyl (C=O) groups excluding carboxylic acids is 6. The number of halogens is 2. The highest BCUT2D eigenvalue weighted by Crippen LogP contribution is 2.37. The van der Waals surface area contributed by atoms with E-state index < -0.39 is 58.2 Å². The van der Waals surface area contributed by atoms with Gasteiger partial charge in [-0.3, -0.25) is 9.59 Å². The number of ketones is 2. The van der Waals surface area contributed by atoms with Crippen LogP contribution in [0, 0.1) is 17.0 Å². The molecule has 0 radical (unpaired) electrons. The van der Waals surface area contributed by atoms with Crippen LogP contribution >= 0.6 is 0 Å². The first-order valence-corrected chi connectivity index (χ1v) is 20.5. The van der Waals surface area contributed by atoms with E-state index in [1.54, 1.807) is 32.0 Å². The van der Waals surface area contributed by atoms with Gasteiger partial charge in [-0.1, -0.05) is 45.4 Å². The Balaban J connectivity index is 2.40. The predicted molar refractivity (Wildman–Crippen MR) is 220 cm³/mol. The van der Waals surface area contributed by atoms with Gasteiger partial charge in [0.05, 0.1) is 39.6 Å². The van der Waals surface area contributed by atoms with Gasteiger partial charge in [-0.15, -0.1) is 0 Å². The molecule has 0 bridgehead atoms. The van der Waals surface area contributed by atoms with Crippen LogP contribution in [0.4, 0.5) is 8.78 Å². The fourth-order valence-electron chi connectivity index (χ4n) is 6.16. The Labute approximate surface area is 351 Å². The molecule has 0 saturated carbocycles. The summed E-state index contributed by atoms with van der Waals surface area (Å²) in [6, 6.07) is 7.47. The maximum atomic E-state index is 15.2. The number of hydrogen-bond acceptors (Lipinski definition) is 12. The van der Waals surface area contributed by atoms with Crippen molar-refractivity contribution in [1.29, 1.82) is 0 Å². The van der Waals surface area contributed by atoms with E-state index in [0.29, 0.717) is 42.6 Å². The molecule has 2 aromatic rings. The monoisotopic (exact) mass is 842 g/mol. The van der Waals surface area contributed by atoms with Crippen molar-refractivity contribution in [2.45, 2.75) is 112 Å². The lowest BCUT2D eigenvalue weighted by molar-refractivity contribution is -0.155. The maximum Gasteiger partial charge on any atom is 0.374 e. The van der Waals surface area contributed by atoms with Crippen molar-refractivity contribution in [3.63, 3.8) is 0 Å². The molecule has 0 aliphatic heterocycles. The molecular weight excluding hydrogens is 782 g/mol. The van der Waals surface area contributed by atoms with E-state index in [1.165, 1.54) is 26.0 Å². The molecule has 0 N–H and O–H groups in total. The second-order valence-electron chi connectivity index (χ2n) is 14.6. The molecule has 330 valence electrons. The van der Waals surface area contributed by atoms with Crippen LogP contribution in [-0.4, -0.2) is 75.1 Å². The molecule has 0 amide bonds. The number of rotatable bonds is 30. The molecule has 0 aliphatic rings. The summed E-state index contributed by atoms with van der Waals surface area (Å²) in [5.41, 5.74) is 0.721. The Hall–Kier alpha value is -5.40. The molecule has 2 rings (SSSR count). The number of unbranched alkanes of at least 4 members (excludes halogenated alkanes) is 3. The molecular formula is C46H60F2O12. The smallest absolute Gasteiger partial charge is 0.374 e. The van der Waals surface area contributed by atoms with Gasteiger partial charge in [-0.05, 0) is 114 Å². The van der Waals surface area contributed by atoms with Crippen LogP contribution in [0.3, 0.4) is 0 Å². The quantitative estimate of drug-likeness (QED) is 0.0243. The zero-order valence-corrected chi connectivity index (χ0v) is 35.7. The maximum absolute atomic E-state index is 15.2. The molecule has 60 heavy (non-hydrogen) atoms. The van der Waals surface area contributed by atoms with Gasteiger partial charge < -0.3 is 28.4 Å². The highest BCUT2D eigenvalue weighted by Gasteiger charge is 2.35. The van der Waals surface area contributed by atoms with Gasteiger partial charge in [-0.25, -0.2) is 28.0 Å². The normalized spacial score (nSPS) is 11.0. The van der Waals surface area contributed by atoms with E-state index in [9.17, 15) is 28.8 Å². The Kier molecular flexibility index (Phi) is 22.5. The lowest BCUT2D eigenvalue weighted by atomic mass is 9.75. The molecule has 0 fully saturated rings. The number of carbonyl (C=O) groups is 6. The summed E-state index contributed by atoms with van der Waals surface area (Å²) < 4.78 is 62.5. The highest BCUT2D eigenvalue weighted by molar-refractivity contribution is 6.34. The van der Waals surface area contributed by atoms with Crippen molar-refractivity contribution in [2.24, 2.45) is 5.41 Å². The van der Waals surface area contributed by atoms with Crippen LogP contribution in [-0.2, 0) is 54.1 Å². The molecule has 0 heterocycles. The Morgan fingerprint density at radius 3 is 1.72 bits per heavy atom. The van der Waals surface area contributed by atoms with E-state index in [1.807, 2.05) is 0 Å². The van der Waals surface area contributed by atoms with Crippen molar-refractivity contribution < 1.29 is 66.0 Å². The molecule has 12 nitrogen and oxygen atoms in total. The summed E-state index contributed by atoms with van der Waals surface area (Å²) in [7, 11) is 0. The molecule has 0 atom stereocenters. The van der Waals surface area contributed by atoms with E-state index in [0.717, 1.165) is 19.3 Å². The average molecular weight is 843 g/mol. The van der Waals surface area contributed by atoms with E-state index >= 15 is 8.78 Å². The van der Waals surface area contributed by atoms with Crippen LogP contribution in [0.25, 0.3) is 11.1 Å². The summed E-state index contributed by atoms with van der Waals surface area (Å²) in [6.07, 6.45) is 4.27. The van der Waals surface area contributed by atoms with E-state index in [2.05, 4.69) is 20.1 Å². The van der Waals surface area contributed by atoms with Gasteiger partial charge in [0, 0.05) is 29.4 Å². The molecule has 0 unspecified atom stereocenters. The largest absolute Gasteiger partial charge is 0.493 e. The first-order chi connectivity index (χ1) is 28.6. The van der Waals surface area contributed by atoms with Crippen molar-refractivity contribution in [1.82, 2.24) is 0 Å². The van der Waals surface area contributed by atoms with Crippen LogP contribution < -0.4 is 9.47 Å². The lowest BCUT2D eigenvalue weighted by Gasteiger charge is -2.33. The molecule has 0 aliphatic carbocycles. The fourth-order valence-corrected chi connectivity index (χ4v) is 6.16. The van der Waals surface area contributed by atoms with Gasteiger partial charge in [-0.2, -0.15) is 0 Å². The third-order valence-electron chi connectivity index (χ3n) is 9.55. The first-order valence-electron chi connectivity index (χ1n) is 20.5. The molecule has 0 saturated heterocycles. The summed E-state index contributed by atoms with van der Waals surface area (Å²) in [5, 5.41) is 0. The topological polar surface area (TPSA) is 158 Å². The third-order valence-corrected chi connectivity index (χ3v) is 9.55.